The van der Waals surface area contributed by atoms with E-state index in [1.807, 2.05) is 45.0 Å². The highest BCUT2D eigenvalue weighted by Gasteiger charge is 2.09. The number of hydrogen-bond acceptors (Lipinski definition) is 4. The van der Waals surface area contributed by atoms with Crippen molar-refractivity contribution in [3.05, 3.63) is 48.0 Å². The minimum Gasteiger partial charge on any atom is -0.497 e. The van der Waals surface area contributed by atoms with Gasteiger partial charge in [-0.05, 0) is 50.6 Å². The first-order chi connectivity index (χ1) is 12.5. The van der Waals surface area contributed by atoms with Crippen molar-refractivity contribution < 1.29 is 19.0 Å². The molecule has 6 nitrogen and oxygen atoms in total. The van der Waals surface area contributed by atoms with Crippen LogP contribution >= 0.6 is 0 Å². The standard InChI is InChI=1S/C20H26N2O4/c1-5-25-19-10-9-16(24-4)12-18(19)22-20(23)21-13-15-7-6-8-17(11-15)26-14(2)3/h6-12,14H,5,13H2,1-4H3,(H2,21,22,23). The zero-order valence-corrected chi connectivity index (χ0v) is 15.7. The molecule has 0 heterocycles. The number of methoxy groups -OCH3 is 1. The zero-order valence-electron chi connectivity index (χ0n) is 15.7. The molecule has 2 N–H and O–H groups in total. The Kier molecular flexibility index (Phi) is 7.14. The molecule has 0 spiro atoms. The summed E-state index contributed by atoms with van der Waals surface area (Å²) in [5, 5.41) is 5.63. The fraction of sp³-hybridized carbons (Fsp3) is 0.350. The Balaban J connectivity index is 1.98. The molecule has 26 heavy (non-hydrogen) atoms. The van der Waals surface area contributed by atoms with Gasteiger partial charge in [0.2, 0.25) is 0 Å². The van der Waals surface area contributed by atoms with Gasteiger partial charge in [-0.25, -0.2) is 4.79 Å². The number of carbonyl (C=O) groups is 1. The average molecular weight is 358 g/mol. The van der Waals surface area contributed by atoms with Gasteiger partial charge in [0.25, 0.3) is 0 Å². The van der Waals surface area contributed by atoms with Gasteiger partial charge >= 0.3 is 6.03 Å². The molecule has 0 aliphatic rings. The maximum atomic E-state index is 12.3. The quantitative estimate of drug-likeness (QED) is 0.742. The van der Waals surface area contributed by atoms with Gasteiger partial charge < -0.3 is 24.8 Å². The highest BCUT2D eigenvalue weighted by Crippen LogP contribution is 2.29. The highest BCUT2D eigenvalue weighted by molar-refractivity contribution is 5.91. The molecule has 2 rings (SSSR count). The largest absolute Gasteiger partial charge is 0.497 e. The van der Waals surface area contributed by atoms with Crippen molar-refractivity contribution in [2.45, 2.75) is 33.4 Å². The number of carbonyl (C=O) groups excluding carboxylic acids is 1. The smallest absolute Gasteiger partial charge is 0.319 e. The van der Waals surface area contributed by atoms with Gasteiger partial charge in [-0.15, -0.1) is 0 Å². The van der Waals surface area contributed by atoms with E-state index in [2.05, 4.69) is 10.6 Å². The molecule has 0 aromatic heterocycles. The number of nitrogens with one attached hydrogen (secondary N) is 2. The third-order valence-corrected chi connectivity index (χ3v) is 3.46. The van der Waals surface area contributed by atoms with Crippen LogP contribution in [0, 0.1) is 0 Å². The van der Waals surface area contributed by atoms with E-state index in [0.717, 1.165) is 11.3 Å². The lowest BCUT2D eigenvalue weighted by molar-refractivity contribution is 0.242. The summed E-state index contributed by atoms with van der Waals surface area (Å²) >= 11 is 0. The second-order valence-electron chi connectivity index (χ2n) is 5.92. The van der Waals surface area contributed by atoms with Crippen LogP contribution in [0.5, 0.6) is 17.2 Å². The predicted molar refractivity (Wildman–Crippen MR) is 102 cm³/mol. The minimum atomic E-state index is -0.325. The van der Waals surface area contributed by atoms with E-state index in [1.165, 1.54) is 0 Å². The fourth-order valence-corrected chi connectivity index (χ4v) is 2.36. The Morgan fingerprint density at radius 3 is 2.62 bits per heavy atom. The van der Waals surface area contributed by atoms with E-state index in [4.69, 9.17) is 14.2 Å². The molecule has 0 saturated carbocycles. The van der Waals surface area contributed by atoms with E-state index in [-0.39, 0.29) is 12.1 Å². The Bertz CT molecular complexity index is 732. The van der Waals surface area contributed by atoms with Crippen LogP contribution in [0.1, 0.15) is 26.3 Å². The van der Waals surface area contributed by atoms with E-state index >= 15 is 0 Å². The van der Waals surface area contributed by atoms with Gasteiger partial charge in [0.1, 0.15) is 17.2 Å². The molecule has 0 aliphatic heterocycles. The molecule has 2 aromatic rings. The number of rotatable bonds is 8. The minimum absolute atomic E-state index is 0.103. The Labute approximate surface area is 154 Å². The molecule has 0 unspecified atom stereocenters. The Morgan fingerprint density at radius 1 is 1.12 bits per heavy atom. The summed E-state index contributed by atoms with van der Waals surface area (Å²) in [6.07, 6.45) is 0.103. The molecule has 0 aliphatic carbocycles. The van der Waals surface area contributed by atoms with Gasteiger partial charge in [-0.1, -0.05) is 12.1 Å². The molecule has 2 amide bonds. The summed E-state index contributed by atoms with van der Waals surface area (Å²) in [7, 11) is 1.58. The molecule has 0 atom stereocenters. The second kappa shape index (κ2) is 9.56. The van der Waals surface area contributed by atoms with E-state index in [1.54, 1.807) is 25.3 Å². The molecule has 0 fully saturated rings. The van der Waals surface area contributed by atoms with Crippen LogP contribution < -0.4 is 24.8 Å². The average Bonchev–Trinajstić information content (AvgIpc) is 2.61. The number of anilines is 1. The first-order valence-corrected chi connectivity index (χ1v) is 8.63. The van der Waals surface area contributed by atoms with Crippen molar-refractivity contribution in [2.24, 2.45) is 0 Å². The van der Waals surface area contributed by atoms with E-state index in [9.17, 15) is 4.79 Å². The first-order valence-electron chi connectivity index (χ1n) is 8.63. The predicted octanol–water partition coefficient (Wildman–Crippen LogP) is 4.20. The van der Waals surface area contributed by atoms with Crippen molar-refractivity contribution in [3.8, 4) is 17.2 Å². The maximum Gasteiger partial charge on any atom is 0.319 e. The summed E-state index contributed by atoms with van der Waals surface area (Å²) in [5.74, 6) is 2.02. The van der Waals surface area contributed by atoms with Crippen LogP contribution in [0.15, 0.2) is 42.5 Å². The molecule has 0 radical (unpaired) electrons. The number of urea groups is 1. The molecule has 2 aromatic carbocycles. The Morgan fingerprint density at radius 2 is 1.92 bits per heavy atom. The third-order valence-electron chi connectivity index (χ3n) is 3.46. The molecule has 0 bridgehead atoms. The summed E-state index contributed by atoms with van der Waals surface area (Å²) in [5.41, 5.74) is 1.51. The van der Waals surface area contributed by atoms with Gasteiger partial charge in [0.05, 0.1) is 25.5 Å². The summed E-state index contributed by atoms with van der Waals surface area (Å²) in [4.78, 5) is 12.3. The summed E-state index contributed by atoms with van der Waals surface area (Å²) < 4.78 is 16.4. The van der Waals surface area contributed by atoms with Crippen LogP contribution in [-0.4, -0.2) is 25.9 Å². The number of amides is 2. The molecule has 6 heteroatoms. The lowest BCUT2D eigenvalue weighted by Gasteiger charge is -2.14. The third kappa shape index (κ3) is 5.88. The number of benzene rings is 2. The summed E-state index contributed by atoms with van der Waals surface area (Å²) in [6, 6.07) is 12.6. The number of ether oxygens (including phenoxy) is 3. The molecular formula is C20H26N2O4. The zero-order chi connectivity index (χ0) is 18.9. The monoisotopic (exact) mass is 358 g/mol. The maximum absolute atomic E-state index is 12.3. The highest BCUT2D eigenvalue weighted by atomic mass is 16.5. The van der Waals surface area contributed by atoms with E-state index in [0.29, 0.717) is 30.3 Å². The van der Waals surface area contributed by atoms with Crippen molar-refractivity contribution in [3.63, 3.8) is 0 Å². The van der Waals surface area contributed by atoms with Crippen molar-refractivity contribution in [1.29, 1.82) is 0 Å². The lowest BCUT2D eigenvalue weighted by Crippen LogP contribution is -2.28. The van der Waals surface area contributed by atoms with Crippen molar-refractivity contribution in [2.75, 3.05) is 19.0 Å². The molecular weight excluding hydrogens is 332 g/mol. The first kappa shape index (κ1) is 19.4. The van der Waals surface area contributed by atoms with Crippen LogP contribution in [-0.2, 0) is 6.54 Å². The van der Waals surface area contributed by atoms with E-state index < -0.39 is 0 Å². The van der Waals surface area contributed by atoms with Gasteiger partial charge in [-0.3, -0.25) is 0 Å². The summed E-state index contributed by atoms with van der Waals surface area (Å²) in [6.45, 7) is 6.73. The fourth-order valence-electron chi connectivity index (χ4n) is 2.36. The normalized spacial score (nSPS) is 10.3. The van der Waals surface area contributed by atoms with Crippen LogP contribution in [0.2, 0.25) is 0 Å². The number of hydrogen-bond donors (Lipinski definition) is 2. The Hall–Kier alpha value is -2.89. The lowest BCUT2D eigenvalue weighted by atomic mass is 10.2. The van der Waals surface area contributed by atoms with Crippen LogP contribution in [0.3, 0.4) is 0 Å². The molecule has 140 valence electrons. The SMILES string of the molecule is CCOc1ccc(OC)cc1NC(=O)NCc1cccc(OC(C)C)c1. The van der Waals surface area contributed by atoms with Crippen LogP contribution in [0.25, 0.3) is 0 Å². The second-order valence-corrected chi connectivity index (χ2v) is 5.92. The van der Waals surface area contributed by atoms with Crippen molar-refractivity contribution >= 4 is 11.7 Å². The van der Waals surface area contributed by atoms with Gasteiger partial charge in [0.15, 0.2) is 0 Å². The van der Waals surface area contributed by atoms with Crippen molar-refractivity contribution in [1.82, 2.24) is 5.32 Å². The van der Waals surface area contributed by atoms with Gasteiger partial charge in [-0.2, -0.15) is 0 Å². The molecule has 0 saturated heterocycles. The topological polar surface area (TPSA) is 68.8 Å². The van der Waals surface area contributed by atoms with Crippen LogP contribution in [0.4, 0.5) is 10.5 Å². The van der Waals surface area contributed by atoms with Gasteiger partial charge in [0, 0.05) is 12.6 Å².